The maximum absolute atomic E-state index is 13.1. The summed E-state index contributed by atoms with van der Waals surface area (Å²) in [5.74, 6) is 0. The van der Waals surface area contributed by atoms with Crippen LogP contribution in [-0.2, 0) is 0 Å². The quantitative estimate of drug-likeness (QED) is 0.670. The molecule has 116 valence electrons. The number of non-ortho nitro benzene ring substituents is 1. The predicted octanol–water partition coefficient (Wildman–Crippen LogP) is 3.11. The Balaban J connectivity index is 2.18. The van der Waals surface area contributed by atoms with Crippen molar-refractivity contribution in [3.63, 3.8) is 0 Å². The van der Waals surface area contributed by atoms with Crippen molar-refractivity contribution in [2.45, 2.75) is 31.7 Å². The molecule has 1 aromatic rings. The molecule has 1 fully saturated rings. The van der Waals surface area contributed by atoms with Crippen molar-refractivity contribution < 1.29 is 13.7 Å². The minimum atomic E-state index is -2.73. The van der Waals surface area contributed by atoms with Gasteiger partial charge in [-0.3, -0.25) is 10.1 Å². The third-order valence-corrected chi connectivity index (χ3v) is 3.77. The van der Waals surface area contributed by atoms with Crippen LogP contribution in [0.3, 0.4) is 0 Å². The lowest BCUT2D eigenvalue weighted by Crippen LogP contribution is -2.42. The molecule has 1 unspecified atom stereocenters. The van der Waals surface area contributed by atoms with E-state index < -0.39 is 11.3 Å². The van der Waals surface area contributed by atoms with E-state index in [0.29, 0.717) is 12.2 Å². The summed E-state index contributed by atoms with van der Waals surface area (Å²) in [5.41, 5.74) is -0.247. The second kappa shape index (κ2) is 6.80. The van der Waals surface area contributed by atoms with Gasteiger partial charge in [0.25, 0.3) is 12.1 Å². The second-order valence-corrected chi connectivity index (χ2v) is 5.33. The number of nitrogens with zero attached hydrogens (tertiary/aromatic N) is 2. The SMILES string of the molecule is CN(CC1CCCCN1)c1ccc([N+](=O)[O-])cc1C(F)F. The van der Waals surface area contributed by atoms with Crippen LogP contribution in [0.4, 0.5) is 20.2 Å². The molecule has 1 atom stereocenters. The average Bonchev–Trinajstić information content (AvgIpc) is 2.47. The molecule has 2 rings (SSSR count). The molecule has 1 heterocycles. The highest BCUT2D eigenvalue weighted by Crippen LogP contribution is 2.32. The van der Waals surface area contributed by atoms with Gasteiger partial charge in [0.05, 0.1) is 4.92 Å². The molecule has 0 aromatic heterocycles. The van der Waals surface area contributed by atoms with Crippen LogP contribution in [0.15, 0.2) is 18.2 Å². The van der Waals surface area contributed by atoms with Gasteiger partial charge in [-0.05, 0) is 25.5 Å². The summed E-state index contributed by atoms with van der Waals surface area (Å²) in [6, 6.07) is 3.91. The summed E-state index contributed by atoms with van der Waals surface area (Å²) in [4.78, 5) is 11.8. The maximum atomic E-state index is 13.1. The van der Waals surface area contributed by atoms with Crippen molar-refractivity contribution in [2.75, 3.05) is 25.0 Å². The van der Waals surface area contributed by atoms with Gasteiger partial charge in [0, 0.05) is 43.0 Å². The van der Waals surface area contributed by atoms with Crippen molar-refractivity contribution in [1.29, 1.82) is 0 Å². The van der Waals surface area contributed by atoms with Crippen LogP contribution in [-0.4, -0.2) is 31.1 Å². The fourth-order valence-corrected chi connectivity index (χ4v) is 2.69. The monoisotopic (exact) mass is 299 g/mol. The molecule has 0 amide bonds. The van der Waals surface area contributed by atoms with Gasteiger partial charge < -0.3 is 10.2 Å². The molecule has 0 spiro atoms. The van der Waals surface area contributed by atoms with Crippen LogP contribution in [0.25, 0.3) is 0 Å². The van der Waals surface area contributed by atoms with Gasteiger partial charge >= 0.3 is 0 Å². The molecule has 5 nitrogen and oxygen atoms in total. The first kappa shape index (κ1) is 15.6. The Hall–Kier alpha value is -1.76. The highest BCUT2D eigenvalue weighted by molar-refractivity contribution is 5.58. The molecule has 0 bridgehead atoms. The van der Waals surface area contributed by atoms with E-state index in [1.54, 1.807) is 11.9 Å². The predicted molar refractivity (Wildman–Crippen MR) is 77.0 cm³/mol. The smallest absolute Gasteiger partial charge is 0.270 e. The average molecular weight is 299 g/mol. The van der Waals surface area contributed by atoms with E-state index >= 15 is 0 Å². The molecule has 7 heteroatoms. The molecular formula is C14H19F2N3O2. The minimum absolute atomic E-state index is 0.268. The maximum Gasteiger partial charge on any atom is 0.270 e. The zero-order valence-electron chi connectivity index (χ0n) is 11.9. The number of nitrogens with one attached hydrogen (secondary N) is 1. The van der Waals surface area contributed by atoms with Gasteiger partial charge in [-0.1, -0.05) is 6.42 Å². The van der Waals surface area contributed by atoms with Gasteiger partial charge in [-0.25, -0.2) is 8.78 Å². The van der Waals surface area contributed by atoms with Crippen molar-refractivity contribution in [2.24, 2.45) is 0 Å². The van der Waals surface area contributed by atoms with Crippen LogP contribution in [0.1, 0.15) is 31.3 Å². The molecular weight excluding hydrogens is 280 g/mol. The molecule has 1 aliphatic heterocycles. The van der Waals surface area contributed by atoms with E-state index in [2.05, 4.69) is 5.32 Å². The molecule has 21 heavy (non-hydrogen) atoms. The van der Waals surface area contributed by atoms with Gasteiger partial charge in [-0.2, -0.15) is 0 Å². The molecule has 1 aliphatic rings. The van der Waals surface area contributed by atoms with Crippen LogP contribution >= 0.6 is 0 Å². The second-order valence-electron chi connectivity index (χ2n) is 5.33. The van der Waals surface area contributed by atoms with Crippen molar-refractivity contribution in [3.8, 4) is 0 Å². The number of piperidine rings is 1. The zero-order valence-corrected chi connectivity index (χ0v) is 11.9. The first-order valence-electron chi connectivity index (χ1n) is 7.00. The van der Waals surface area contributed by atoms with Crippen molar-refractivity contribution in [3.05, 3.63) is 33.9 Å². The van der Waals surface area contributed by atoms with Crippen LogP contribution in [0.5, 0.6) is 0 Å². The van der Waals surface area contributed by atoms with Crippen LogP contribution < -0.4 is 10.2 Å². The third kappa shape index (κ3) is 3.87. The molecule has 1 aromatic carbocycles. The lowest BCUT2D eigenvalue weighted by molar-refractivity contribution is -0.385. The topological polar surface area (TPSA) is 58.4 Å². The van der Waals surface area contributed by atoms with Crippen LogP contribution in [0.2, 0.25) is 0 Å². The van der Waals surface area contributed by atoms with E-state index in [1.807, 2.05) is 0 Å². The summed E-state index contributed by atoms with van der Waals surface area (Å²) < 4.78 is 26.3. The number of rotatable bonds is 5. The van der Waals surface area contributed by atoms with E-state index in [4.69, 9.17) is 0 Å². The van der Waals surface area contributed by atoms with Gasteiger partial charge in [0.2, 0.25) is 0 Å². The highest BCUT2D eigenvalue weighted by Gasteiger charge is 2.22. The number of nitro benzene ring substituents is 1. The summed E-state index contributed by atoms with van der Waals surface area (Å²) in [7, 11) is 1.74. The molecule has 0 radical (unpaired) electrons. The number of nitro groups is 1. The highest BCUT2D eigenvalue weighted by atomic mass is 19.3. The van der Waals surface area contributed by atoms with E-state index in [1.165, 1.54) is 12.1 Å². The van der Waals surface area contributed by atoms with Gasteiger partial charge in [-0.15, -0.1) is 0 Å². The lowest BCUT2D eigenvalue weighted by atomic mass is 10.0. The Morgan fingerprint density at radius 1 is 1.48 bits per heavy atom. The number of alkyl halides is 2. The zero-order chi connectivity index (χ0) is 15.4. The minimum Gasteiger partial charge on any atom is -0.373 e. The Morgan fingerprint density at radius 2 is 2.24 bits per heavy atom. The Kier molecular flexibility index (Phi) is 5.06. The van der Waals surface area contributed by atoms with Gasteiger partial charge in [0.1, 0.15) is 0 Å². The van der Waals surface area contributed by atoms with Gasteiger partial charge in [0.15, 0.2) is 0 Å². The Labute approximate surface area is 122 Å². The fraction of sp³-hybridized carbons (Fsp3) is 0.571. The number of halogens is 2. The van der Waals surface area contributed by atoms with Crippen molar-refractivity contribution in [1.82, 2.24) is 5.32 Å². The summed E-state index contributed by atoms with van der Waals surface area (Å²) >= 11 is 0. The lowest BCUT2D eigenvalue weighted by Gasteiger charge is -2.30. The van der Waals surface area contributed by atoms with E-state index in [0.717, 1.165) is 31.9 Å². The summed E-state index contributed by atoms with van der Waals surface area (Å²) in [6.45, 7) is 1.55. The number of anilines is 1. The summed E-state index contributed by atoms with van der Waals surface area (Å²) in [6.07, 6.45) is 0.552. The molecule has 0 aliphatic carbocycles. The standard InChI is InChI=1S/C14H19F2N3O2/c1-18(9-10-4-2-3-7-17-10)13-6-5-11(19(20)21)8-12(13)14(15)16/h5-6,8,10,14,17H,2-4,7,9H2,1H3. The third-order valence-electron chi connectivity index (χ3n) is 3.77. The number of hydrogen-bond acceptors (Lipinski definition) is 4. The Morgan fingerprint density at radius 3 is 2.81 bits per heavy atom. The van der Waals surface area contributed by atoms with E-state index in [-0.39, 0.29) is 17.3 Å². The Bertz CT molecular complexity index is 505. The number of likely N-dealkylation sites (N-methyl/N-ethyl adjacent to an activating group) is 1. The fourth-order valence-electron chi connectivity index (χ4n) is 2.69. The number of benzene rings is 1. The first-order chi connectivity index (χ1) is 9.99. The largest absolute Gasteiger partial charge is 0.373 e. The van der Waals surface area contributed by atoms with Crippen LogP contribution in [0, 0.1) is 10.1 Å². The number of hydrogen-bond donors (Lipinski definition) is 1. The first-order valence-corrected chi connectivity index (χ1v) is 7.00. The molecule has 1 saturated heterocycles. The molecule has 1 N–H and O–H groups in total. The van der Waals surface area contributed by atoms with E-state index in [9.17, 15) is 18.9 Å². The summed E-state index contributed by atoms with van der Waals surface area (Å²) in [5, 5.41) is 14.1. The van der Waals surface area contributed by atoms with Crippen molar-refractivity contribution >= 4 is 11.4 Å². The molecule has 0 saturated carbocycles. The normalized spacial score (nSPS) is 18.8.